The molecule has 176 valence electrons. The molecule has 0 radical (unpaired) electrons. The van der Waals surface area contributed by atoms with Gasteiger partial charge in [-0.25, -0.2) is 4.98 Å². The Labute approximate surface area is 204 Å². The zero-order chi connectivity index (χ0) is 21.2. The lowest BCUT2D eigenvalue weighted by molar-refractivity contribution is -0.00546. The SMILES string of the molecule is CN=C(NCCOC1CCCCCC1)NCc1ccc(N2CC(C)OC(C)C2)nc1.I. The number of morpholine rings is 1. The molecule has 3 rings (SSSR count). The highest BCUT2D eigenvalue weighted by atomic mass is 127. The van der Waals surface area contributed by atoms with Gasteiger partial charge < -0.3 is 25.0 Å². The van der Waals surface area contributed by atoms with Crippen molar-refractivity contribution >= 4 is 35.8 Å². The van der Waals surface area contributed by atoms with Gasteiger partial charge in [0.1, 0.15) is 5.82 Å². The van der Waals surface area contributed by atoms with Crippen LogP contribution >= 0.6 is 24.0 Å². The van der Waals surface area contributed by atoms with Crippen LogP contribution in [0.25, 0.3) is 0 Å². The molecule has 2 atom stereocenters. The average Bonchev–Trinajstić information content (AvgIpc) is 3.02. The van der Waals surface area contributed by atoms with E-state index < -0.39 is 0 Å². The molecule has 1 aliphatic heterocycles. The van der Waals surface area contributed by atoms with E-state index in [4.69, 9.17) is 9.47 Å². The van der Waals surface area contributed by atoms with Gasteiger partial charge in [0.25, 0.3) is 0 Å². The number of halogens is 1. The average molecular weight is 546 g/mol. The van der Waals surface area contributed by atoms with E-state index in [1.807, 2.05) is 6.20 Å². The molecule has 2 heterocycles. The normalized spacial score (nSPS) is 23.1. The van der Waals surface area contributed by atoms with Crippen LogP contribution in [0.4, 0.5) is 5.82 Å². The molecule has 2 aliphatic rings. The molecular weight excluding hydrogens is 505 g/mol. The molecule has 0 amide bonds. The van der Waals surface area contributed by atoms with Crippen molar-refractivity contribution in [1.29, 1.82) is 0 Å². The molecule has 1 saturated heterocycles. The summed E-state index contributed by atoms with van der Waals surface area (Å²) in [7, 11) is 1.80. The Hall–Kier alpha value is -1.13. The molecule has 0 bridgehead atoms. The van der Waals surface area contributed by atoms with Crippen molar-refractivity contribution in [3.8, 4) is 0 Å². The number of hydrogen-bond acceptors (Lipinski definition) is 5. The Kier molecular flexibility index (Phi) is 11.9. The van der Waals surface area contributed by atoms with E-state index in [1.165, 1.54) is 38.5 Å². The second kappa shape index (κ2) is 14.1. The summed E-state index contributed by atoms with van der Waals surface area (Å²) in [5.41, 5.74) is 1.13. The van der Waals surface area contributed by atoms with Gasteiger partial charge in [-0.2, -0.15) is 0 Å². The lowest BCUT2D eigenvalue weighted by Gasteiger charge is -2.36. The number of hydrogen-bond donors (Lipinski definition) is 2. The van der Waals surface area contributed by atoms with Crippen LogP contribution in [0.5, 0.6) is 0 Å². The van der Waals surface area contributed by atoms with Crippen molar-refractivity contribution in [3.05, 3.63) is 23.9 Å². The van der Waals surface area contributed by atoms with Gasteiger partial charge in [0.05, 0.1) is 24.9 Å². The monoisotopic (exact) mass is 545 g/mol. The van der Waals surface area contributed by atoms with Gasteiger partial charge in [-0.1, -0.05) is 31.7 Å². The van der Waals surface area contributed by atoms with E-state index >= 15 is 0 Å². The summed E-state index contributed by atoms with van der Waals surface area (Å²) < 4.78 is 11.8. The first kappa shape index (κ1) is 26.1. The topological polar surface area (TPSA) is 71.0 Å². The van der Waals surface area contributed by atoms with Crippen molar-refractivity contribution in [1.82, 2.24) is 15.6 Å². The Balaban J connectivity index is 0.00000341. The van der Waals surface area contributed by atoms with Crippen molar-refractivity contribution in [2.24, 2.45) is 4.99 Å². The molecule has 1 aromatic heterocycles. The van der Waals surface area contributed by atoms with Gasteiger partial charge in [-0.3, -0.25) is 4.99 Å². The maximum absolute atomic E-state index is 6.04. The largest absolute Gasteiger partial charge is 0.376 e. The minimum absolute atomic E-state index is 0. The van der Waals surface area contributed by atoms with Crippen molar-refractivity contribution in [2.45, 2.75) is 77.2 Å². The number of pyridine rings is 1. The van der Waals surface area contributed by atoms with Crippen LogP contribution < -0.4 is 15.5 Å². The third kappa shape index (κ3) is 9.10. The number of rotatable bonds is 7. The lowest BCUT2D eigenvalue weighted by atomic mass is 10.1. The zero-order valence-corrected chi connectivity index (χ0v) is 21.6. The number of aromatic nitrogens is 1. The standard InChI is InChI=1S/C23H39N5O2.HI/c1-18-16-28(17-19(2)30-18)22-11-10-20(14-26-22)15-27-23(24-3)25-12-13-29-21-8-6-4-5-7-9-21;/h10-11,14,18-19,21H,4-9,12-13,15-17H2,1-3H3,(H2,24,25,27);1H. The van der Waals surface area contributed by atoms with E-state index in [9.17, 15) is 0 Å². The van der Waals surface area contributed by atoms with E-state index in [2.05, 4.69) is 51.5 Å². The van der Waals surface area contributed by atoms with Crippen LogP contribution in [0.2, 0.25) is 0 Å². The van der Waals surface area contributed by atoms with E-state index in [0.29, 0.717) is 12.6 Å². The Bertz CT molecular complexity index is 640. The number of anilines is 1. The van der Waals surface area contributed by atoms with Crippen molar-refractivity contribution in [3.63, 3.8) is 0 Å². The second-order valence-electron chi connectivity index (χ2n) is 8.52. The fraction of sp³-hybridized carbons (Fsp3) is 0.739. The minimum Gasteiger partial charge on any atom is -0.376 e. The predicted molar refractivity (Wildman–Crippen MR) is 138 cm³/mol. The number of ether oxygens (including phenoxy) is 2. The summed E-state index contributed by atoms with van der Waals surface area (Å²) in [6.45, 7) is 8.16. The third-order valence-corrected chi connectivity index (χ3v) is 5.79. The number of aliphatic imine (C=N–C) groups is 1. The maximum Gasteiger partial charge on any atom is 0.191 e. The van der Waals surface area contributed by atoms with Gasteiger partial charge in [0, 0.05) is 39.4 Å². The first-order valence-electron chi connectivity index (χ1n) is 11.6. The minimum atomic E-state index is 0. The smallest absolute Gasteiger partial charge is 0.191 e. The quantitative estimate of drug-likeness (QED) is 0.179. The molecule has 2 N–H and O–H groups in total. The van der Waals surface area contributed by atoms with Gasteiger partial charge in [-0.05, 0) is 38.3 Å². The van der Waals surface area contributed by atoms with Crippen LogP contribution in [0, 0.1) is 0 Å². The van der Waals surface area contributed by atoms with Crippen LogP contribution in [-0.2, 0) is 16.0 Å². The predicted octanol–water partition coefficient (Wildman–Crippen LogP) is 3.72. The second-order valence-corrected chi connectivity index (χ2v) is 8.52. The fourth-order valence-electron chi connectivity index (χ4n) is 4.28. The van der Waals surface area contributed by atoms with Gasteiger partial charge in [0.2, 0.25) is 0 Å². The molecule has 1 aromatic rings. The summed E-state index contributed by atoms with van der Waals surface area (Å²) in [6, 6.07) is 4.22. The highest BCUT2D eigenvalue weighted by molar-refractivity contribution is 14.0. The summed E-state index contributed by atoms with van der Waals surface area (Å²) >= 11 is 0. The zero-order valence-electron chi connectivity index (χ0n) is 19.3. The summed E-state index contributed by atoms with van der Waals surface area (Å²) in [5.74, 6) is 1.80. The summed E-state index contributed by atoms with van der Waals surface area (Å²) in [4.78, 5) is 11.3. The number of nitrogens with one attached hydrogen (secondary N) is 2. The van der Waals surface area contributed by atoms with E-state index in [-0.39, 0.29) is 36.2 Å². The molecule has 2 fully saturated rings. The van der Waals surface area contributed by atoms with Gasteiger partial charge in [0.15, 0.2) is 5.96 Å². The van der Waals surface area contributed by atoms with Crippen LogP contribution in [0.1, 0.15) is 57.9 Å². The van der Waals surface area contributed by atoms with Crippen molar-refractivity contribution < 1.29 is 9.47 Å². The van der Waals surface area contributed by atoms with Crippen LogP contribution in [0.3, 0.4) is 0 Å². The molecule has 2 unspecified atom stereocenters. The molecule has 0 spiro atoms. The Morgan fingerprint density at radius 1 is 1.13 bits per heavy atom. The fourth-order valence-corrected chi connectivity index (χ4v) is 4.28. The van der Waals surface area contributed by atoms with E-state index in [1.54, 1.807) is 7.05 Å². The third-order valence-electron chi connectivity index (χ3n) is 5.79. The molecule has 7 nitrogen and oxygen atoms in total. The maximum atomic E-state index is 6.04. The summed E-state index contributed by atoms with van der Waals surface area (Å²) in [5, 5.41) is 6.70. The van der Waals surface area contributed by atoms with Crippen LogP contribution in [-0.4, -0.2) is 62.5 Å². The number of nitrogens with zero attached hydrogens (tertiary/aromatic N) is 3. The van der Waals surface area contributed by atoms with Gasteiger partial charge >= 0.3 is 0 Å². The van der Waals surface area contributed by atoms with Gasteiger partial charge in [-0.15, -0.1) is 24.0 Å². The molecule has 31 heavy (non-hydrogen) atoms. The first-order chi connectivity index (χ1) is 14.6. The Morgan fingerprint density at radius 3 is 2.45 bits per heavy atom. The van der Waals surface area contributed by atoms with Crippen LogP contribution in [0.15, 0.2) is 23.3 Å². The van der Waals surface area contributed by atoms with Crippen molar-refractivity contribution in [2.75, 3.05) is 38.2 Å². The molecule has 1 saturated carbocycles. The molecule has 0 aromatic carbocycles. The number of guanidine groups is 1. The molecule has 8 heteroatoms. The van der Waals surface area contributed by atoms with E-state index in [0.717, 1.165) is 43.6 Å². The lowest BCUT2D eigenvalue weighted by Crippen LogP contribution is -2.45. The highest BCUT2D eigenvalue weighted by Gasteiger charge is 2.23. The Morgan fingerprint density at radius 2 is 1.84 bits per heavy atom. The molecular formula is C23H40IN5O2. The summed E-state index contributed by atoms with van der Waals surface area (Å²) in [6.07, 6.45) is 10.6. The highest BCUT2D eigenvalue weighted by Crippen LogP contribution is 2.20. The molecule has 1 aliphatic carbocycles. The first-order valence-corrected chi connectivity index (χ1v) is 11.6.